The number of piperidine rings is 1. The van der Waals surface area contributed by atoms with Gasteiger partial charge in [0.05, 0.1) is 0 Å². The molecule has 0 aromatic heterocycles. The van der Waals surface area contributed by atoms with Crippen LogP contribution in [0.15, 0.2) is 48.5 Å². The smallest absolute Gasteiger partial charge is 0.123 e. The fraction of sp³-hybridized carbons (Fsp3) is 0.538. The summed E-state index contributed by atoms with van der Waals surface area (Å²) in [6, 6.07) is 16.2. The van der Waals surface area contributed by atoms with Gasteiger partial charge in [0.15, 0.2) is 0 Å². The maximum atomic E-state index is 13.5. The van der Waals surface area contributed by atoms with Crippen molar-refractivity contribution in [2.75, 3.05) is 32.7 Å². The molecule has 2 heterocycles. The van der Waals surface area contributed by atoms with Gasteiger partial charge in [-0.25, -0.2) is 4.39 Å². The molecule has 0 amide bonds. The largest absolute Gasteiger partial charge is 0.303 e. The second kappa shape index (κ2) is 9.86. The molecular weight excluding hydrogens is 359 g/mol. The summed E-state index contributed by atoms with van der Waals surface area (Å²) in [5, 5.41) is 0. The van der Waals surface area contributed by atoms with Crippen molar-refractivity contribution < 1.29 is 4.39 Å². The van der Waals surface area contributed by atoms with Gasteiger partial charge in [0, 0.05) is 26.2 Å². The monoisotopic (exact) mass is 394 g/mol. The van der Waals surface area contributed by atoms with Gasteiger partial charge in [-0.15, -0.1) is 0 Å². The minimum absolute atomic E-state index is 0.130. The Bertz CT molecular complexity index is 773. The molecule has 0 spiro atoms. The Morgan fingerprint density at radius 2 is 1.72 bits per heavy atom. The fourth-order valence-corrected chi connectivity index (χ4v) is 5.27. The van der Waals surface area contributed by atoms with Gasteiger partial charge in [-0.05, 0) is 73.0 Å². The lowest BCUT2D eigenvalue weighted by Crippen LogP contribution is -2.45. The molecule has 3 heteroatoms. The van der Waals surface area contributed by atoms with Crippen LogP contribution in [0.4, 0.5) is 4.39 Å². The second-order valence-electron chi connectivity index (χ2n) is 8.97. The highest BCUT2D eigenvalue weighted by Gasteiger charge is 2.32. The maximum absolute atomic E-state index is 13.5. The molecule has 1 saturated heterocycles. The highest BCUT2D eigenvalue weighted by atomic mass is 19.1. The Kier molecular flexibility index (Phi) is 6.99. The van der Waals surface area contributed by atoms with Crippen molar-refractivity contribution >= 4 is 0 Å². The van der Waals surface area contributed by atoms with E-state index < -0.39 is 0 Å². The number of halogens is 1. The molecule has 0 aliphatic carbocycles. The van der Waals surface area contributed by atoms with Crippen molar-refractivity contribution in [1.29, 1.82) is 0 Å². The number of rotatable bonds is 7. The van der Waals surface area contributed by atoms with E-state index in [4.69, 9.17) is 0 Å². The first-order chi connectivity index (χ1) is 14.2. The maximum Gasteiger partial charge on any atom is 0.123 e. The Balaban J connectivity index is 1.46. The normalized spacial score (nSPS) is 23.1. The van der Waals surface area contributed by atoms with Crippen LogP contribution in [0.5, 0.6) is 0 Å². The standard InChI is InChI=1S/C26H35FN2/c1-2-3-6-15-28-17-14-26(22-9-11-25(27)12-10-22)24(19-28)20-29-16-13-21-7-4-5-8-23(21)18-29/h4-5,7-12,24,26H,2-3,6,13-20H2,1H3/t24-,26-/m0/s1. The number of fused-ring (bicyclic) bond motifs is 1. The summed E-state index contributed by atoms with van der Waals surface area (Å²) >= 11 is 0. The molecule has 2 atom stereocenters. The van der Waals surface area contributed by atoms with Crippen LogP contribution < -0.4 is 0 Å². The van der Waals surface area contributed by atoms with E-state index in [1.54, 1.807) is 12.1 Å². The van der Waals surface area contributed by atoms with Gasteiger partial charge in [-0.1, -0.05) is 56.2 Å². The van der Waals surface area contributed by atoms with Gasteiger partial charge < -0.3 is 4.90 Å². The number of hydrogen-bond acceptors (Lipinski definition) is 2. The molecule has 1 fully saturated rings. The van der Waals surface area contributed by atoms with Crippen LogP contribution in [-0.4, -0.2) is 42.5 Å². The summed E-state index contributed by atoms with van der Waals surface area (Å²) < 4.78 is 13.5. The first kappa shape index (κ1) is 20.6. The minimum atomic E-state index is -0.130. The van der Waals surface area contributed by atoms with Crippen molar-refractivity contribution in [2.45, 2.75) is 51.5 Å². The van der Waals surface area contributed by atoms with Gasteiger partial charge in [-0.3, -0.25) is 4.90 Å². The average Bonchev–Trinajstić information content (AvgIpc) is 2.75. The summed E-state index contributed by atoms with van der Waals surface area (Å²) in [7, 11) is 0. The number of nitrogens with zero attached hydrogens (tertiary/aromatic N) is 2. The molecule has 29 heavy (non-hydrogen) atoms. The predicted molar refractivity (Wildman–Crippen MR) is 119 cm³/mol. The van der Waals surface area contributed by atoms with Crippen LogP contribution in [0.3, 0.4) is 0 Å². The average molecular weight is 395 g/mol. The van der Waals surface area contributed by atoms with E-state index in [2.05, 4.69) is 41.0 Å². The Hall–Kier alpha value is -1.71. The van der Waals surface area contributed by atoms with E-state index in [1.165, 1.54) is 62.0 Å². The highest BCUT2D eigenvalue weighted by molar-refractivity contribution is 5.29. The summed E-state index contributed by atoms with van der Waals surface area (Å²) in [5.41, 5.74) is 4.33. The van der Waals surface area contributed by atoms with Crippen LogP contribution in [-0.2, 0) is 13.0 Å². The lowest BCUT2D eigenvalue weighted by molar-refractivity contribution is 0.108. The van der Waals surface area contributed by atoms with Gasteiger partial charge in [0.25, 0.3) is 0 Å². The molecule has 0 saturated carbocycles. The van der Waals surface area contributed by atoms with E-state index in [0.29, 0.717) is 11.8 Å². The summed E-state index contributed by atoms with van der Waals surface area (Å²) in [6.07, 6.45) is 6.26. The number of unbranched alkanes of at least 4 members (excludes halogenated alkanes) is 2. The summed E-state index contributed by atoms with van der Waals surface area (Å²) in [5.74, 6) is 1.02. The fourth-order valence-electron chi connectivity index (χ4n) is 5.27. The zero-order valence-electron chi connectivity index (χ0n) is 17.8. The molecule has 2 nitrogen and oxygen atoms in total. The molecule has 2 aliphatic rings. The van der Waals surface area contributed by atoms with Crippen LogP contribution >= 0.6 is 0 Å². The third-order valence-electron chi connectivity index (χ3n) is 6.90. The molecule has 2 aromatic rings. The summed E-state index contributed by atoms with van der Waals surface area (Å²) in [4.78, 5) is 5.33. The third kappa shape index (κ3) is 5.26. The van der Waals surface area contributed by atoms with Gasteiger partial charge in [0.2, 0.25) is 0 Å². The second-order valence-corrected chi connectivity index (χ2v) is 8.97. The van der Waals surface area contributed by atoms with E-state index in [1.807, 2.05) is 12.1 Å². The predicted octanol–water partition coefficient (Wildman–Crippen LogP) is 5.48. The first-order valence-corrected chi connectivity index (χ1v) is 11.5. The van der Waals surface area contributed by atoms with Crippen molar-refractivity contribution in [1.82, 2.24) is 9.80 Å². The lowest BCUT2D eigenvalue weighted by Gasteiger charge is -2.42. The van der Waals surface area contributed by atoms with E-state index in [-0.39, 0.29) is 5.82 Å². The Morgan fingerprint density at radius 1 is 0.931 bits per heavy atom. The molecule has 2 aromatic carbocycles. The Labute approximate surface area is 175 Å². The third-order valence-corrected chi connectivity index (χ3v) is 6.90. The lowest BCUT2D eigenvalue weighted by atomic mass is 9.79. The van der Waals surface area contributed by atoms with Gasteiger partial charge in [0.1, 0.15) is 5.82 Å². The zero-order chi connectivity index (χ0) is 20.1. The number of hydrogen-bond donors (Lipinski definition) is 0. The van der Waals surface area contributed by atoms with E-state index in [9.17, 15) is 4.39 Å². The Morgan fingerprint density at radius 3 is 2.52 bits per heavy atom. The van der Waals surface area contributed by atoms with Crippen molar-refractivity contribution in [3.63, 3.8) is 0 Å². The van der Waals surface area contributed by atoms with Crippen molar-refractivity contribution in [2.24, 2.45) is 5.92 Å². The number of benzene rings is 2. The molecule has 4 rings (SSSR count). The summed E-state index contributed by atoms with van der Waals surface area (Å²) in [6.45, 7) is 9.20. The molecular formula is C26H35FN2. The number of likely N-dealkylation sites (tertiary alicyclic amines) is 1. The molecule has 2 aliphatic heterocycles. The van der Waals surface area contributed by atoms with Gasteiger partial charge in [-0.2, -0.15) is 0 Å². The molecule has 0 unspecified atom stereocenters. The quantitative estimate of drug-likeness (QED) is 0.574. The van der Waals surface area contributed by atoms with E-state index in [0.717, 1.165) is 26.1 Å². The van der Waals surface area contributed by atoms with Crippen molar-refractivity contribution in [3.05, 3.63) is 71.0 Å². The SMILES string of the molecule is CCCCCN1CC[C@@H](c2ccc(F)cc2)[C@H](CN2CCc3ccccc3C2)C1. The highest BCUT2D eigenvalue weighted by Crippen LogP contribution is 2.35. The molecule has 0 N–H and O–H groups in total. The topological polar surface area (TPSA) is 6.48 Å². The first-order valence-electron chi connectivity index (χ1n) is 11.5. The molecule has 0 bridgehead atoms. The van der Waals surface area contributed by atoms with Gasteiger partial charge >= 0.3 is 0 Å². The van der Waals surface area contributed by atoms with E-state index >= 15 is 0 Å². The van der Waals surface area contributed by atoms with Crippen LogP contribution in [0.2, 0.25) is 0 Å². The van der Waals surface area contributed by atoms with Crippen LogP contribution in [0, 0.1) is 11.7 Å². The molecule has 156 valence electrons. The van der Waals surface area contributed by atoms with Crippen LogP contribution in [0.1, 0.15) is 55.2 Å². The van der Waals surface area contributed by atoms with Crippen molar-refractivity contribution in [3.8, 4) is 0 Å². The minimum Gasteiger partial charge on any atom is -0.303 e. The van der Waals surface area contributed by atoms with Crippen LogP contribution in [0.25, 0.3) is 0 Å². The molecule has 0 radical (unpaired) electrons. The zero-order valence-corrected chi connectivity index (χ0v) is 17.8.